The van der Waals surface area contributed by atoms with Crippen LogP contribution in [0.15, 0.2) is 35.7 Å². The lowest BCUT2D eigenvalue weighted by molar-refractivity contribution is -0.111. The summed E-state index contributed by atoms with van der Waals surface area (Å²) in [5.41, 5.74) is 3.09. The molecular formula is C18H23N3OS. The van der Waals surface area contributed by atoms with Gasteiger partial charge >= 0.3 is 0 Å². The summed E-state index contributed by atoms with van der Waals surface area (Å²) in [4.78, 5) is 18.5. The van der Waals surface area contributed by atoms with E-state index in [1.54, 1.807) is 6.08 Å². The zero-order valence-electron chi connectivity index (χ0n) is 14.3. The first-order valence-corrected chi connectivity index (χ1v) is 8.36. The van der Waals surface area contributed by atoms with Crippen molar-refractivity contribution in [1.29, 1.82) is 0 Å². The molecule has 0 spiro atoms. The van der Waals surface area contributed by atoms with E-state index in [2.05, 4.69) is 31.1 Å². The lowest BCUT2D eigenvalue weighted by Gasteiger charge is -2.14. The van der Waals surface area contributed by atoms with Crippen LogP contribution in [-0.4, -0.2) is 25.0 Å². The van der Waals surface area contributed by atoms with Gasteiger partial charge in [-0.3, -0.25) is 10.1 Å². The molecule has 2 aromatic rings. The molecule has 0 radical (unpaired) electrons. The fourth-order valence-electron chi connectivity index (χ4n) is 1.88. The summed E-state index contributed by atoms with van der Waals surface area (Å²) in [6, 6.07) is 8.02. The molecule has 5 heteroatoms. The lowest BCUT2D eigenvalue weighted by atomic mass is 9.93. The Morgan fingerprint density at radius 3 is 2.39 bits per heavy atom. The van der Waals surface area contributed by atoms with Crippen molar-refractivity contribution in [2.24, 2.45) is 0 Å². The molecule has 0 aliphatic rings. The topological polar surface area (TPSA) is 45.2 Å². The van der Waals surface area contributed by atoms with E-state index in [1.807, 2.05) is 48.6 Å². The van der Waals surface area contributed by atoms with E-state index in [9.17, 15) is 4.79 Å². The average Bonchev–Trinajstić information content (AvgIpc) is 2.94. The summed E-state index contributed by atoms with van der Waals surface area (Å²) in [6.07, 6.45) is 3.33. The Hall–Kier alpha value is -2.14. The van der Waals surface area contributed by atoms with Gasteiger partial charge < -0.3 is 4.90 Å². The minimum absolute atomic E-state index is 0.0104. The first-order valence-electron chi connectivity index (χ1n) is 7.48. The van der Waals surface area contributed by atoms with Crippen molar-refractivity contribution in [1.82, 2.24) is 4.98 Å². The first kappa shape index (κ1) is 17.2. The number of benzene rings is 1. The van der Waals surface area contributed by atoms with E-state index in [4.69, 9.17) is 0 Å². The number of aromatic nitrogens is 1. The van der Waals surface area contributed by atoms with Gasteiger partial charge in [0.05, 0.1) is 5.69 Å². The Bertz CT molecular complexity index is 694. The third-order valence-electron chi connectivity index (χ3n) is 3.34. The Labute approximate surface area is 141 Å². The molecule has 1 aromatic carbocycles. The van der Waals surface area contributed by atoms with Crippen LogP contribution >= 0.6 is 11.3 Å². The molecule has 122 valence electrons. The Morgan fingerprint density at radius 2 is 1.87 bits per heavy atom. The van der Waals surface area contributed by atoms with Gasteiger partial charge in [0.15, 0.2) is 5.13 Å². The van der Waals surface area contributed by atoms with Gasteiger partial charge in [0, 0.05) is 36.7 Å². The molecule has 0 saturated heterocycles. The van der Waals surface area contributed by atoms with Crippen LogP contribution in [0.5, 0.6) is 0 Å². The zero-order chi connectivity index (χ0) is 17.0. The fourth-order valence-corrected chi connectivity index (χ4v) is 2.82. The van der Waals surface area contributed by atoms with Crippen LogP contribution in [0.25, 0.3) is 6.08 Å². The van der Waals surface area contributed by atoms with Crippen LogP contribution in [-0.2, 0) is 10.2 Å². The number of carbonyl (C=O) groups excluding carboxylic acids is 1. The van der Waals surface area contributed by atoms with Crippen molar-refractivity contribution in [2.45, 2.75) is 26.2 Å². The fraction of sp³-hybridized carbons (Fsp3) is 0.333. The van der Waals surface area contributed by atoms with Crippen LogP contribution in [0.1, 0.15) is 32.0 Å². The van der Waals surface area contributed by atoms with Gasteiger partial charge in [0.2, 0.25) is 5.91 Å². The van der Waals surface area contributed by atoms with E-state index in [-0.39, 0.29) is 11.3 Å². The molecule has 0 fully saturated rings. The summed E-state index contributed by atoms with van der Waals surface area (Å²) < 4.78 is 0. The number of amides is 1. The molecular weight excluding hydrogens is 306 g/mol. The molecule has 0 aliphatic heterocycles. The molecule has 1 aromatic heterocycles. The van der Waals surface area contributed by atoms with Crippen LogP contribution in [0.2, 0.25) is 0 Å². The molecule has 0 bridgehead atoms. The van der Waals surface area contributed by atoms with Crippen molar-refractivity contribution in [2.75, 3.05) is 24.3 Å². The van der Waals surface area contributed by atoms with Gasteiger partial charge in [-0.1, -0.05) is 32.9 Å². The largest absolute Gasteiger partial charge is 0.378 e. The Kier molecular flexibility index (Phi) is 5.21. The predicted octanol–water partition coefficient (Wildman–Crippen LogP) is 4.16. The van der Waals surface area contributed by atoms with Gasteiger partial charge in [-0.2, -0.15) is 0 Å². The lowest BCUT2D eigenvalue weighted by Crippen LogP contribution is -2.12. The normalized spacial score (nSPS) is 11.7. The molecule has 4 nitrogen and oxygen atoms in total. The third kappa shape index (κ3) is 4.93. The van der Waals surface area contributed by atoms with E-state index < -0.39 is 0 Å². The van der Waals surface area contributed by atoms with Crippen molar-refractivity contribution < 1.29 is 4.79 Å². The van der Waals surface area contributed by atoms with Gasteiger partial charge in [0.1, 0.15) is 0 Å². The van der Waals surface area contributed by atoms with Gasteiger partial charge in [-0.25, -0.2) is 4.98 Å². The Balaban J connectivity index is 1.97. The second-order valence-electron chi connectivity index (χ2n) is 6.60. The maximum atomic E-state index is 12.0. The van der Waals surface area contributed by atoms with E-state index >= 15 is 0 Å². The van der Waals surface area contributed by atoms with Crippen molar-refractivity contribution >= 4 is 34.1 Å². The number of nitrogens with one attached hydrogen (secondary N) is 1. The molecule has 1 heterocycles. The molecule has 1 N–H and O–H groups in total. The van der Waals surface area contributed by atoms with Gasteiger partial charge in [0.25, 0.3) is 0 Å². The molecule has 0 atom stereocenters. The number of carbonyl (C=O) groups is 1. The standard InChI is InChI=1S/C18H23N3OS/c1-18(2,3)15-12-23-17(19-15)20-16(22)11-8-13-6-9-14(10-7-13)21(4)5/h6-12H,1-5H3,(H,19,20,22)/b11-8+. The highest BCUT2D eigenvalue weighted by Crippen LogP contribution is 2.26. The first-order chi connectivity index (χ1) is 10.8. The predicted molar refractivity (Wildman–Crippen MR) is 99.2 cm³/mol. The Morgan fingerprint density at radius 1 is 1.22 bits per heavy atom. The van der Waals surface area contributed by atoms with Crippen LogP contribution in [0.4, 0.5) is 10.8 Å². The van der Waals surface area contributed by atoms with Crippen molar-refractivity contribution in [3.05, 3.63) is 47.0 Å². The second kappa shape index (κ2) is 6.96. The number of rotatable bonds is 4. The number of nitrogens with zero attached hydrogens (tertiary/aromatic N) is 2. The second-order valence-corrected chi connectivity index (χ2v) is 7.45. The van der Waals surface area contributed by atoms with Crippen LogP contribution in [0, 0.1) is 0 Å². The minimum atomic E-state index is -0.170. The van der Waals surface area contributed by atoms with Crippen molar-refractivity contribution in [3.63, 3.8) is 0 Å². The summed E-state index contributed by atoms with van der Waals surface area (Å²) in [7, 11) is 4.00. The van der Waals surface area contributed by atoms with Crippen LogP contribution in [0.3, 0.4) is 0 Å². The molecule has 0 aliphatic carbocycles. The summed E-state index contributed by atoms with van der Waals surface area (Å²) >= 11 is 1.45. The van der Waals surface area contributed by atoms with Gasteiger partial charge in [-0.15, -0.1) is 11.3 Å². The summed E-state index contributed by atoms with van der Waals surface area (Å²) in [5, 5.41) is 5.43. The van der Waals surface area contributed by atoms with Crippen molar-refractivity contribution in [3.8, 4) is 0 Å². The maximum absolute atomic E-state index is 12.0. The third-order valence-corrected chi connectivity index (χ3v) is 4.10. The highest BCUT2D eigenvalue weighted by atomic mass is 32.1. The molecule has 2 rings (SSSR count). The molecule has 0 saturated carbocycles. The monoisotopic (exact) mass is 329 g/mol. The quantitative estimate of drug-likeness (QED) is 0.857. The minimum Gasteiger partial charge on any atom is -0.378 e. The van der Waals surface area contributed by atoms with Crippen LogP contribution < -0.4 is 10.2 Å². The maximum Gasteiger partial charge on any atom is 0.250 e. The molecule has 1 amide bonds. The van der Waals surface area contributed by atoms with E-state index in [0.29, 0.717) is 5.13 Å². The highest BCUT2D eigenvalue weighted by molar-refractivity contribution is 7.14. The molecule has 0 unspecified atom stereocenters. The summed E-state index contributed by atoms with van der Waals surface area (Å²) in [6.45, 7) is 6.31. The van der Waals surface area contributed by atoms with Gasteiger partial charge in [-0.05, 0) is 23.8 Å². The average molecular weight is 329 g/mol. The number of thiazole rings is 1. The van der Waals surface area contributed by atoms with E-state index in [1.165, 1.54) is 17.4 Å². The zero-order valence-corrected chi connectivity index (χ0v) is 15.1. The highest BCUT2D eigenvalue weighted by Gasteiger charge is 2.17. The number of anilines is 2. The SMILES string of the molecule is CN(C)c1ccc(/C=C/C(=O)Nc2nc(C(C)(C)C)cs2)cc1. The number of hydrogen-bond acceptors (Lipinski definition) is 4. The molecule has 23 heavy (non-hydrogen) atoms. The summed E-state index contributed by atoms with van der Waals surface area (Å²) in [5.74, 6) is -0.170. The van der Waals surface area contributed by atoms with E-state index in [0.717, 1.165) is 16.9 Å². The smallest absolute Gasteiger partial charge is 0.250 e. The number of hydrogen-bond donors (Lipinski definition) is 1.